The summed E-state index contributed by atoms with van der Waals surface area (Å²) < 4.78 is 15.3. The van der Waals surface area contributed by atoms with E-state index in [4.69, 9.17) is 5.73 Å². The van der Waals surface area contributed by atoms with Gasteiger partial charge in [0.25, 0.3) is 0 Å². The van der Waals surface area contributed by atoms with Crippen molar-refractivity contribution in [2.24, 2.45) is 5.73 Å². The molecule has 1 heterocycles. The molecule has 0 spiro atoms. The number of hydrogen-bond donors (Lipinski definition) is 1. The second kappa shape index (κ2) is 5.63. The van der Waals surface area contributed by atoms with Crippen LogP contribution in [0.3, 0.4) is 0 Å². The molecule has 2 aromatic rings. The van der Waals surface area contributed by atoms with E-state index in [-0.39, 0.29) is 12.4 Å². The number of aryl methyl sites for hydroxylation is 2. The van der Waals surface area contributed by atoms with Crippen LogP contribution in [0.25, 0.3) is 0 Å². The zero-order valence-electron chi connectivity index (χ0n) is 10.9. The summed E-state index contributed by atoms with van der Waals surface area (Å²) in [5, 5.41) is 4.28. The molecule has 0 bridgehead atoms. The van der Waals surface area contributed by atoms with Gasteiger partial charge in [-0.05, 0) is 31.5 Å². The molecular weight excluding hydrogens is 243 g/mol. The van der Waals surface area contributed by atoms with Crippen LogP contribution < -0.4 is 5.73 Å². The second-order valence-corrected chi connectivity index (χ2v) is 4.18. The molecule has 0 aliphatic heterocycles. The van der Waals surface area contributed by atoms with Crippen LogP contribution in [0.15, 0.2) is 18.2 Å². The highest BCUT2D eigenvalue weighted by atomic mass is 19.1. The quantitative estimate of drug-likeness (QED) is 0.828. The Kier molecular flexibility index (Phi) is 3.93. The number of hydrogen-bond acceptors (Lipinski definition) is 3. The average molecular weight is 258 g/mol. The van der Waals surface area contributed by atoms with Crippen LogP contribution in [-0.4, -0.2) is 21.3 Å². The molecule has 0 atom stereocenters. The highest BCUT2D eigenvalue weighted by Crippen LogP contribution is 2.11. The van der Waals surface area contributed by atoms with Crippen molar-refractivity contribution in [1.29, 1.82) is 0 Å². The van der Waals surface area contributed by atoms with Crippen molar-refractivity contribution in [3.63, 3.8) is 0 Å². The summed E-state index contributed by atoms with van der Waals surface area (Å²) in [7, 11) is 0. The first-order valence-corrected chi connectivity index (χ1v) is 5.95. The predicted molar refractivity (Wildman–Crippen MR) is 70.9 cm³/mol. The largest absolute Gasteiger partial charge is 0.320 e. The Hall–Kier alpha value is -2.19. The molecular formula is C14H15FN4. The van der Waals surface area contributed by atoms with Crippen molar-refractivity contribution in [2.75, 3.05) is 6.54 Å². The van der Waals surface area contributed by atoms with Gasteiger partial charge in [0.2, 0.25) is 0 Å². The summed E-state index contributed by atoms with van der Waals surface area (Å²) in [6.07, 6.45) is 0. The SMILES string of the molecule is Cc1nc(C)n(Cc2ccc(F)c(C#CCN)c2)n1. The normalized spacial score (nSPS) is 10.1. The van der Waals surface area contributed by atoms with Gasteiger partial charge in [-0.2, -0.15) is 5.10 Å². The van der Waals surface area contributed by atoms with Crippen LogP contribution >= 0.6 is 0 Å². The maximum absolute atomic E-state index is 13.5. The van der Waals surface area contributed by atoms with E-state index in [0.717, 1.165) is 17.2 Å². The highest BCUT2D eigenvalue weighted by molar-refractivity contribution is 5.38. The van der Waals surface area contributed by atoms with Crippen molar-refractivity contribution in [3.8, 4) is 11.8 Å². The molecule has 0 aliphatic rings. The maximum atomic E-state index is 13.5. The molecule has 0 saturated carbocycles. The number of rotatable bonds is 2. The van der Waals surface area contributed by atoms with E-state index in [1.54, 1.807) is 16.8 Å². The summed E-state index contributed by atoms with van der Waals surface area (Å²) in [4.78, 5) is 4.23. The number of nitrogens with two attached hydrogens (primary N) is 1. The van der Waals surface area contributed by atoms with Crippen LogP contribution in [0.1, 0.15) is 22.8 Å². The molecule has 0 saturated heterocycles. The van der Waals surface area contributed by atoms with Crippen LogP contribution in [0.4, 0.5) is 4.39 Å². The molecule has 0 unspecified atom stereocenters. The van der Waals surface area contributed by atoms with Gasteiger partial charge in [0.05, 0.1) is 18.7 Å². The van der Waals surface area contributed by atoms with Crippen LogP contribution in [0.5, 0.6) is 0 Å². The minimum absolute atomic E-state index is 0.213. The van der Waals surface area contributed by atoms with Crippen molar-refractivity contribution >= 4 is 0 Å². The smallest absolute Gasteiger partial charge is 0.147 e. The third-order valence-electron chi connectivity index (χ3n) is 2.65. The Morgan fingerprint density at radius 3 is 2.79 bits per heavy atom. The Morgan fingerprint density at radius 2 is 2.16 bits per heavy atom. The first-order chi connectivity index (χ1) is 9.10. The molecule has 1 aromatic carbocycles. The van der Waals surface area contributed by atoms with Crippen LogP contribution in [0, 0.1) is 31.5 Å². The first-order valence-electron chi connectivity index (χ1n) is 5.95. The minimum Gasteiger partial charge on any atom is -0.320 e. The van der Waals surface area contributed by atoms with E-state index in [1.807, 2.05) is 13.8 Å². The molecule has 0 fully saturated rings. The molecule has 4 nitrogen and oxygen atoms in total. The molecule has 2 rings (SSSR count). The fraction of sp³-hybridized carbons (Fsp3) is 0.286. The van der Waals surface area contributed by atoms with Crippen LogP contribution in [0.2, 0.25) is 0 Å². The van der Waals surface area contributed by atoms with E-state index < -0.39 is 0 Å². The van der Waals surface area contributed by atoms with Gasteiger partial charge in [-0.3, -0.25) is 0 Å². The van der Waals surface area contributed by atoms with Crippen molar-refractivity contribution in [2.45, 2.75) is 20.4 Å². The maximum Gasteiger partial charge on any atom is 0.147 e. The lowest BCUT2D eigenvalue weighted by molar-refractivity contribution is 0.619. The van der Waals surface area contributed by atoms with Gasteiger partial charge in [-0.25, -0.2) is 14.1 Å². The summed E-state index contributed by atoms with van der Waals surface area (Å²) in [5.41, 5.74) is 6.58. The van der Waals surface area contributed by atoms with E-state index >= 15 is 0 Å². The first kappa shape index (κ1) is 13.2. The lowest BCUT2D eigenvalue weighted by Gasteiger charge is -2.04. The highest BCUT2D eigenvalue weighted by Gasteiger charge is 2.06. The fourth-order valence-electron chi connectivity index (χ4n) is 1.80. The molecule has 5 heteroatoms. The minimum atomic E-state index is -0.337. The molecule has 0 radical (unpaired) electrons. The number of halogens is 1. The van der Waals surface area contributed by atoms with Crippen molar-refractivity contribution < 1.29 is 4.39 Å². The third-order valence-corrected chi connectivity index (χ3v) is 2.65. The molecule has 0 amide bonds. The Morgan fingerprint density at radius 1 is 1.37 bits per heavy atom. The standard InChI is InChI=1S/C14H15FN4/c1-10-17-11(2)19(18-10)9-12-5-6-14(15)13(8-12)4-3-7-16/h5-6,8H,7,9,16H2,1-2H3. The van der Waals surface area contributed by atoms with E-state index in [1.165, 1.54) is 6.07 Å². The summed E-state index contributed by atoms with van der Waals surface area (Å²) in [6.45, 7) is 4.49. The Labute approximate surface area is 111 Å². The summed E-state index contributed by atoms with van der Waals surface area (Å²) in [5.74, 6) is 6.60. The van der Waals surface area contributed by atoms with Gasteiger partial charge in [-0.1, -0.05) is 17.9 Å². The van der Waals surface area contributed by atoms with Crippen molar-refractivity contribution in [3.05, 3.63) is 46.8 Å². The lowest BCUT2D eigenvalue weighted by atomic mass is 10.1. The molecule has 98 valence electrons. The molecule has 0 aliphatic carbocycles. The average Bonchev–Trinajstić information content (AvgIpc) is 2.68. The van der Waals surface area contributed by atoms with E-state index in [9.17, 15) is 4.39 Å². The monoisotopic (exact) mass is 258 g/mol. The van der Waals surface area contributed by atoms with Gasteiger partial charge in [0, 0.05) is 0 Å². The zero-order chi connectivity index (χ0) is 13.8. The van der Waals surface area contributed by atoms with Gasteiger partial charge in [0.1, 0.15) is 17.5 Å². The number of aromatic nitrogens is 3. The van der Waals surface area contributed by atoms with Crippen LogP contribution in [-0.2, 0) is 6.54 Å². The fourth-order valence-corrected chi connectivity index (χ4v) is 1.80. The summed E-state index contributed by atoms with van der Waals surface area (Å²) >= 11 is 0. The lowest BCUT2D eigenvalue weighted by Crippen LogP contribution is -2.05. The summed E-state index contributed by atoms with van der Waals surface area (Å²) in [6, 6.07) is 4.85. The number of benzene rings is 1. The molecule has 19 heavy (non-hydrogen) atoms. The van der Waals surface area contributed by atoms with Gasteiger partial charge in [-0.15, -0.1) is 0 Å². The van der Waals surface area contributed by atoms with E-state index in [2.05, 4.69) is 21.9 Å². The molecule has 2 N–H and O–H groups in total. The second-order valence-electron chi connectivity index (χ2n) is 4.18. The Bertz CT molecular complexity index is 649. The third kappa shape index (κ3) is 3.18. The van der Waals surface area contributed by atoms with Gasteiger partial charge < -0.3 is 5.73 Å². The van der Waals surface area contributed by atoms with Gasteiger partial charge in [0.15, 0.2) is 0 Å². The zero-order valence-corrected chi connectivity index (χ0v) is 10.9. The number of nitrogens with zero attached hydrogens (tertiary/aromatic N) is 3. The van der Waals surface area contributed by atoms with Gasteiger partial charge >= 0.3 is 0 Å². The van der Waals surface area contributed by atoms with Crippen molar-refractivity contribution in [1.82, 2.24) is 14.8 Å². The Balaban J connectivity index is 2.28. The molecule has 1 aromatic heterocycles. The predicted octanol–water partition coefficient (Wildman–Crippen LogP) is 1.39. The topological polar surface area (TPSA) is 56.7 Å². The van der Waals surface area contributed by atoms with E-state index in [0.29, 0.717) is 12.1 Å².